The molecule has 1 saturated carbocycles. The summed E-state index contributed by atoms with van der Waals surface area (Å²) in [5.74, 6) is 0.970. The molecule has 1 unspecified atom stereocenters. The Labute approximate surface area is 113 Å². The van der Waals surface area contributed by atoms with E-state index in [9.17, 15) is 4.79 Å². The fourth-order valence-corrected chi connectivity index (χ4v) is 3.02. The molecule has 0 aromatic rings. The minimum atomic E-state index is 0.149. The van der Waals surface area contributed by atoms with Crippen LogP contribution >= 0.6 is 15.9 Å². The number of methoxy groups -OCH3 is 1. The van der Waals surface area contributed by atoms with E-state index >= 15 is 0 Å². The molecule has 1 N–H and O–H groups in total. The van der Waals surface area contributed by atoms with E-state index in [-0.39, 0.29) is 11.9 Å². The number of alkyl halides is 1. The molecule has 1 atom stereocenters. The number of amides is 1. The lowest BCUT2D eigenvalue weighted by Crippen LogP contribution is -2.38. The Balaban J connectivity index is 2.16. The Morgan fingerprint density at radius 1 is 1.47 bits per heavy atom. The second kappa shape index (κ2) is 8.92. The van der Waals surface area contributed by atoms with E-state index in [0.717, 1.165) is 24.1 Å². The van der Waals surface area contributed by atoms with E-state index in [2.05, 4.69) is 21.2 Å². The van der Waals surface area contributed by atoms with Crippen molar-refractivity contribution in [3.63, 3.8) is 0 Å². The minimum Gasteiger partial charge on any atom is -0.383 e. The van der Waals surface area contributed by atoms with E-state index in [1.54, 1.807) is 7.11 Å². The van der Waals surface area contributed by atoms with Crippen LogP contribution in [-0.2, 0) is 9.53 Å². The van der Waals surface area contributed by atoms with E-state index in [4.69, 9.17) is 4.74 Å². The molecule has 1 fully saturated rings. The van der Waals surface area contributed by atoms with E-state index < -0.39 is 0 Å². The molecular formula is C13H24BrNO2. The summed E-state index contributed by atoms with van der Waals surface area (Å²) >= 11 is 3.40. The van der Waals surface area contributed by atoms with Gasteiger partial charge < -0.3 is 10.1 Å². The van der Waals surface area contributed by atoms with Crippen LogP contribution in [0.4, 0.5) is 0 Å². The van der Waals surface area contributed by atoms with Crippen molar-refractivity contribution < 1.29 is 9.53 Å². The fourth-order valence-electron chi connectivity index (χ4n) is 2.46. The van der Waals surface area contributed by atoms with Crippen molar-refractivity contribution in [2.24, 2.45) is 5.92 Å². The molecule has 1 rings (SSSR count). The van der Waals surface area contributed by atoms with Gasteiger partial charge in [0.1, 0.15) is 0 Å². The third-order valence-corrected chi connectivity index (χ3v) is 3.90. The number of ether oxygens (including phenoxy) is 1. The van der Waals surface area contributed by atoms with Gasteiger partial charge in [0.2, 0.25) is 5.91 Å². The third-order valence-electron chi connectivity index (χ3n) is 3.44. The maximum absolute atomic E-state index is 11.8. The van der Waals surface area contributed by atoms with Gasteiger partial charge in [0.25, 0.3) is 0 Å². The highest BCUT2D eigenvalue weighted by Gasteiger charge is 2.17. The average Bonchev–Trinajstić information content (AvgIpc) is 2.80. The molecule has 1 amide bonds. The first-order valence-electron chi connectivity index (χ1n) is 6.60. The lowest BCUT2D eigenvalue weighted by molar-refractivity contribution is -0.122. The van der Waals surface area contributed by atoms with Crippen LogP contribution in [0, 0.1) is 5.92 Å². The van der Waals surface area contributed by atoms with Crippen molar-refractivity contribution >= 4 is 21.8 Å². The second-order valence-corrected chi connectivity index (χ2v) is 5.68. The zero-order valence-corrected chi connectivity index (χ0v) is 12.3. The van der Waals surface area contributed by atoms with Crippen LogP contribution in [0.3, 0.4) is 0 Å². The number of halogens is 1. The maximum Gasteiger partial charge on any atom is 0.220 e. The molecule has 0 bridgehead atoms. The predicted octanol–water partition coefficient (Wildman–Crippen LogP) is 2.87. The number of hydrogen-bond donors (Lipinski definition) is 1. The van der Waals surface area contributed by atoms with Gasteiger partial charge in [-0.1, -0.05) is 41.6 Å². The highest BCUT2D eigenvalue weighted by molar-refractivity contribution is 9.09. The van der Waals surface area contributed by atoms with Crippen LogP contribution in [-0.4, -0.2) is 31.0 Å². The first-order valence-corrected chi connectivity index (χ1v) is 7.72. The van der Waals surface area contributed by atoms with Gasteiger partial charge in [-0.05, 0) is 18.8 Å². The molecule has 0 aromatic carbocycles. The molecule has 3 nitrogen and oxygen atoms in total. The van der Waals surface area contributed by atoms with Crippen LogP contribution in [0.15, 0.2) is 0 Å². The van der Waals surface area contributed by atoms with Crippen molar-refractivity contribution in [2.45, 2.75) is 51.0 Å². The molecule has 0 spiro atoms. The number of rotatable bonds is 8. The summed E-state index contributed by atoms with van der Waals surface area (Å²) in [5.41, 5.74) is 0. The van der Waals surface area contributed by atoms with Crippen molar-refractivity contribution in [1.82, 2.24) is 5.32 Å². The quantitative estimate of drug-likeness (QED) is 0.700. The van der Waals surface area contributed by atoms with Gasteiger partial charge in [0.15, 0.2) is 0 Å². The number of carbonyl (C=O) groups excluding carboxylic acids is 1. The number of nitrogens with one attached hydrogen (secondary N) is 1. The Bertz CT molecular complexity index is 211. The Hall–Kier alpha value is -0.0900. The highest BCUT2D eigenvalue weighted by Crippen LogP contribution is 2.28. The smallest absolute Gasteiger partial charge is 0.220 e. The second-order valence-electron chi connectivity index (χ2n) is 4.89. The van der Waals surface area contributed by atoms with Gasteiger partial charge >= 0.3 is 0 Å². The summed E-state index contributed by atoms with van der Waals surface area (Å²) in [6, 6.07) is 0.149. The fraction of sp³-hybridized carbons (Fsp3) is 0.923. The maximum atomic E-state index is 11.8. The summed E-state index contributed by atoms with van der Waals surface area (Å²) in [6.45, 7) is 0.598. The lowest BCUT2D eigenvalue weighted by Gasteiger charge is -2.17. The zero-order valence-electron chi connectivity index (χ0n) is 10.7. The molecule has 0 radical (unpaired) electrons. The number of hydrogen-bond acceptors (Lipinski definition) is 2. The molecule has 0 saturated heterocycles. The van der Waals surface area contributed by atoms with Gasteiger partial charge in [-0.25, -0.2) is 0 Å². The predicted molar refractivity (Wildman–Crippen MR) is 73.4 cm³/mol. The molecule has 17 heavy (non-hydrogen) atoms. The molecule has 100 valence electrons. The van der Waals surface area contributed by atoms with Gasteiger partial charge in [-0.3, -0.25) is 4.79 Å². The molecule has 0 aliphatic heterocycles. The van der Waals surface area contributed by atoms with Gasteiger partial charge in [-0.2, -0.15) is 0 Å². The van der Waals surface area contributed by atoms with Crippen LogP contribution in [0.2, 0.25) is 0 Å². The first-order chi connectivity index (χ1) is 8.26. The Kier molecular flexibility index (Phi) is 7.86. The van der Waals surface area contributed by atoms with Crippen LogP contribution < -0.4 is 5.32 Å². The van der Waals surface area contributed by atoms with Gasteiger partial charge in [0.05, 0.1) is 12.6 Å². The van der Waals surface area contributed by atoms with Crippen LogP contribution in [0.1, 0.15) is 44.9 Å². The van der Waals surface area contributed by atoms with Crippen molar-refractivity contribution in [3.05, 3.63) is 0 Å². The molecule has 1 aliphatic carbocycles. The molecule has 1 aliphatic rings. The summed E-state index contributed by atoms with van der Waals surface area (Å²) in [7, 11) is 1.67. The Morgan fingerprint density at radius 2 is 2.18 bits per heavy atom. The monoisotopic (exact) mass is 305 g/mol. The molecule has 0 heterocycles. The minimum absolute atomic E-state index is 0.149. The highest BCUT2D eigenvalue weighted by atomic mass is 79.9. The molecule has 4 heteroatoms. The molecule has 0 aromatic heterocycles. The summed E-state index contributed by atoms with van der Waals surface area (Å²) < 4.78 is 5.10. The normalized spacial score (nSPS) is 18.2. The van der Waals surface area contributed by atoms with E-state index in [0.29, 0.717) is 13.0 Å². The summed E-state index contributed by atoms with van der Waals surface area (Å²) in [6.07, 6.45) is 7.98. The van der Waals surface area contributed by atoms with Gasteiger partial charge in [0, 0.05) is 18.9 Å². The largest absolute Gasteiger partial charge is 0.383 e. The summed E-state index contributed by atoms with van der Waals surface area (Å²) in [5, 5.41) is 3.94. The average molecular weight is 306 g/mol. The lowest BCUT2D eigenvalue weighted by atomic mass is 10.0. The third kappa shape index (κ3) is 6.41. The first kappa shape index (κ1) is 15.0. The summed E-state index contributed by atoms with van der Waals surface area (Å²) in [4.78, 5) is 11.8. The van der Waals surface area contributed by atoms with Crippen LogP contribution in [0.25, 0.3) is 0 Å². The van der Waals surface area contributed by atoms with E-state index in [1.165, 1.54) is 25.7 Å². The van der Waals surface area contributed by atoms with Crippen molar-refractivity contribution in [3.8, 4) is 0 Å². The van der Waals surface area contributed by atoms with Crippen molar-refractivity contribution in [1.29, 1.82) is 0 Å². The Morgan fingerprint density at radius 3 is 2.76 bits per heavy atom. The van der Waals surface area contributed by atoms with Crippen LogP contribution in [0.5, 0.6) is 0 Å². The topological polar surface area (TPSA) is 38.3 Å². The van der Waals surface area contributed by atoms with E-state index in [1.807, 2.05) is 0 Å². The standard InChI is InChI=1S/C13H24BrNO2/c1-17-10-12(8-9-14)15-13(16)7-6-11-4-2-3-5-11/h11-12H,2-10H2,1H3,(H,15,16). The number of carbonyl (C=O) groups is 1. The SMILES string of the molecule is COCC(CCBr)NC(=O)CCC1CCCC1. The van der Waals surface area contributed by atoms with Gasteiger partial charge in [-0.15, -0.1) is 0 Å². The zero-order chi connectivity index (χ0) is 12.5. The molecular weight excluding hydrogens is 282 g/mol. The van der Waals surface area contributed by atoms with Crippen molar-refractivity contribution in [2.75, 3.05) is 19.0 Å².